The molecule has 0 fully saturated rings. The molecule has 30 heavy (non-hydrogen) atoms. The Morgan fingerprint density at radius 1 is 0.967 bits per heavy atom. The fourth-order valence-corrected chi connectivity index (χ4v) is 3.68. The minimum atomic E-state index is -0.468. The van der Waals surface area contributed by atoms with Gasteiger partial charge in [-0.2, -0.15) is 0 Å². The zero-order chi connectivity index (χ0) is 20.9. The Kier molecular flexibility index (Phi) is 5.79. The molecular weight excluding hydrogens is 382 g/mol. The number of ether oxygens (including phenoxy) is 2. The van der Waals surface area contributed by atoms with Gasteiger partial charge >= 0.3 is 0 Å². The molecule has 0 bridgehead atoms. The first-order chi connectivity index (χ1) is 14.7. The third-order valence-corrected chi connectivity index (χ3v) is 4.97. The first-order valence-corrected chi connectivity index (χ1v) is 10.0. The molecule has 1 aliphatic rings. The summed E-state index contributed by atoms with van der Waals surface area (Å²) in [4.78, 5) is 29.8. The Morgan fingerprint density at radius 2 is 1.70 bits per heavy atom. The van der Waals surface area contributed by atoms with Crippen molar-refractivity contribution in [3.63, 3.8) is 0 Å². The van der Waals surface area contributed by atoms with Crippen LogP contribution in [0.5, 0.6) is 11.5 Å². The van der Waals surface area contributed by atoms with Gasteiger partial charge in [-0.15, -0.1) is 0 Å². The monoisotopic (exact) mass is 405 g/mol. The van der Waals surface area contributed by atoms with Gasteiger partial charge in [-0.1, -0.05) is 30.3 Å². The molecular formula is C23H23N3O4. The smallest absolute Gasteiger partial charge is 0.276 e. The number of hydrazine groups is 1. The number of carbonyl (C=O) groups excluding carboxylic acids is 2. The van der Waals surface area contributed by atoms with Gasteiger partial charge in [0, 0.05) is 11.1 Å². The molecule has 1 heterocycles. The summed E-state index contributed by atoms with van der Waals surface area (Å²) in [7, 11) is 0. The number of benzene rings is 2. The van der Waals surface area contributed by atoms with Gasteiger partial charge in [0.05, 0.1) is 17.7 Å². The fourth-order valence-electron chi connectivity index (χ4n) is 3.68. The number of aromatic nitrogens is 1. The van der Waals surface area contributed by atoms with Crippen molar-refractivity contribution in [2.75, 3.05) is 13.2 Å². The zero-order valence-electron chi connectivity index (χ0n) is 16.7. The lowest BCUT2D eigenvalue weighted by atomic mass is 10.0. The highest BCUT2D eigenvalue weighted by molar-refractivity contribution is 6.08. The van der Waals surface area contributed by atoms with Crippen molar-refractivity contribution >= 4 is 22.7 Å². The average Bonchev–Trinajstić information content (AvgIpc) is 3.23. The molecule has 1 aromatic heterocycles. The molecule has 2 amide bonds. The van der Waals surface area contributed by atoms with Gasteiger partial charge in [0.25, 0.3) is 11.8 Å². The number of pyridine rings is 1. The maximum absolute atomic E-state index is 12.9. The van der Waals surface area contributed by atoms with Crippen LogP contribution in [0.2, 0.25) is 0 Å². The van der Waals surface area contributed by atoms with Gasteiger partial charge in [-0.25, -0.2) is 0 Å². The lowest BCUT2D eigenvalue weighted by Gasteiger charge is -2.14. The van der Waals surface area contributed by atoms with Gasteiger partial charge in [-0.3, -0.25) is 25.4 Å². The summed E-state index contributed by atoms with van der Waals surface area (Å²) in [5.41, 5.74) is 8.24. The van der Waals surface area contributed by atoms with Gasteiger partial charge in [0.1, 0.15) is 0 Å². The van der Waals surface area contributed by atoms with Gasteiger partial charge in [-0.05, 0) is 49.9 Å². The first kappa shape index (κ1) is 19.7. The van der Waals surface area contributed by atoms with Crippen molar-refractivity contribution < 1.29 is 19.1 Å². The van der Waals surface area contributed by atoms with Crippen molar-refractivity contribution in [1.82, 2.24) is 15.8 Å². The highest BCUT2D eigenvalue weighted by Crippen LogP contribution is 2.30. The zero-order valence-corrected chi connectivity index (χ0v) is 16.7. The highest BCUT2D eigenvalue weighted by atomic mass is 16.5. The number of amides is 2. The van der Waals surface area contributed by atoms with Gasteiger partial charge in [0.2, 0.25) is 0 Å². The molecule has 0 saturated heterocycles. The number of carbonyl (C=O) groups is 2. The summed E-state index contributed by atoms with van der Waals surface area (Å²) in [5.74, 6) is 0.217. The normalized spacial score (nSPS) is 12.3. The van der Waals surface area contributed by atoms with Crippen LogP contribution in [0.1, 0.15) is 35.0 Å². The van der Waals surface area contributed by atoms with Crippen molar-refractivity contribution in [3.05, 3.63) is 65.4 Å². The standard InChI is InChI=1S/C23H23N3O4/c1-2-29-19-12-5-6-13-20(19)30-14-21(27)25-26-23(28)22-15-8-3-4-10-17(15)24-18-11-7-9-16(18)22/h3-6,8,10,12-13H,2,7,9,11,14H2,1H3,(H,25,27)(H,26,28). The maximum atomic E-state index is 12.9. The molecule has 0 aliphatic heterocycles. The predicted molar refractivity (Wildman–Crippen MR) is 112 cm³/mol. The Bertz CT molecular complexity index is 1100. The highest BCUT2D eigenvalue weighted by Gasteiger charge is 2.24. The van der Waals surface area contributed by atoms with Crippen molar-refractivity contribution in [2.45, 2.75) is 26.2 Å². The maximum Gasteiger partial charge on any atom is 0.276 e. The molecule has 0 unspecified atom stereocenters. The Hall–Kier alpha value is -3.61. The van der Waals surface area contributed by atoms with Gasteiger partial charge < -0.3 is 9.47 Å². The second-order valence-electron chi connectivity index (χ2n) is 6.95. The van der Waals surface area contributed by atoms with E-state index in [1.54, 1.807) is 18.2 Å². The Morgan fingerprint density at radius 3 is 2.50 bits per heavy atom. The SMILES string of the molecule is CCOc1ccccc1OCC(=O)NNC(=O)c1c2c(nc3ccccc13)CCC2. The minimum absolute atomic E-state index is 0.250. The summed E-state index contributed by atoms with van der Waals surface area (Å²) < 4.78 is 11.0. The molecule has 2 N–H and O–H groups in total. The van der Waals surface area contributed by atoms with Crippen LogP contribution in [0, 0.1) is 0 Å². The predicted octanol–water partition coefficient (Wildman–Crippen LogP) is 2.96. The lowest BCUT2D eigenvalue weighted by Crippen LogP contribution is -2.44. The van der Waals surface area contributed by atoms with E-state index in [4.69, 9.17) is 9.47 Å². The van der Waals surface area contributed by atoms with E-state index in [0.29, 0.717) is 23.7 Å². The van der Waals surface area contributed by atoms with E-state index in [1.807, 2.05) is 37.3 Å². The lowest BCUT2D eigenvalue weighted by molar-refractivity contribution is -0.123. The number of hydrogen-bond donors (Lipinski definition) is 2. The Balaban J connectivity index is 1.43. The average molecular weight is 405 g/mol. The molecule has 0 atom stereocenters. The molecule has 1 aliphatic carbocycles. The molecule has 7 nitrogen and oxygen atoms in total. The third-order valence-electron chi connectivity index (χ3n) is 4.97. The summed E-state index contributed by atoms with van der Waals surface area (Å²) >= 11 is 0. The van der Waals surface area contributed by atoms with Crippen LogP contribution >= 0.6 is 0 Å². The van der Waals surface area contributed by atoms with E-state index in [1.165, 1.54) is 0 Å². The molecule has 4 rings (SSSR count). The van der Waals surface area contributed by atoms with Crippen molar-refractivity contribution in [1.29, 1.82) is 0 Å². The largest absolute Gasteiger partial charge is 0.490 e. The summed E-state index contributed by atoms with van der Waals surface area (Å²) in [6, 6.07) is 14.7. The first-order valence-electron chi connectivity index (χ1n) is 10.0. The molecule has 154 valence electrons. The minimum Gasteiger partial charge on any atom is -0.490 e. The molecule has 0 radical (unpaired) electrons. The molecule has 7 heteroatoms. The number of aryl methyl sites for hydroxylation is 1. The number of rotatable bonds is 6. The van der Waals surface area contributed by atoms with Crippen LogP contribution in [0.3, 0.4) is 0 Å². The number of nitrogens with one attached hydrogen (secondary N) is 2. The number of nitrogens with zero attached hydrogens (tertiary/aromatic N) is 1. The summed E-state index contributed by atoms with van der Waals surface area (Å²) in [6.45, 7) is 2.12. The number of para-hydroxylation sites is 3. The van der Waals surface area contributed by atoms with E-state index in [0.717, 1.165) is 41.4 Å². The van der Waals surface area contributed by atoms with Gasteiger partial charge in [0.15, 0.2) is 18.1 Å². The van der Waals surface area contributed by atoms with E-state index in [2.05, 4.69) is 15.8 Å². The van der Waals surface area contributed by atoms with Crippen LogP contribution < -0.4 is 20.3 Å². The fraction of sp³-hybridized carbons (Fsp3) is 0.261. The second-order valence-corrected chi connectivity index (χ2v) is 6.95. The van der Waals surface area contributed by atoms with Crippen LogP contribution in [0.15, 0.2) is 48.5 Å². The molecule has 3 aromatic rings. The summed E-state index contributed by atoms with van der Waals surface area (Å²) in [6.07, 6.45) is 2.64. The second kappa shape index (κ2) is 8.82. The molecule has 0 spiro atoms. The summed E-state index contributed by atoms with van der Waals surface area (Å²) in [5, 5.41) is 0.784. The van der Waals surface area contributed by atoms with Crippen molar-refractivity contribution in [2.24, 2.45) is 0 Å². The van der Waals surface area contributed by atoms with Crippen LogP contribution in [-0.4, -0.2) is 30.0 Å². The molecule has 0 saturated carbocycles. The topological polar surface area (TPSA) is 89.5 Å². The van der Waals surface area contributed by atoms with E-state index in [-0.39, 0.29) is 12.5 Å². The van der Waals surface area contributed by atoms with Crippen molar-refractivity contribution in [3.8, 4) is 11.5 Å². The third kappa shape index (κ3) is 4.05. The van der Waals surface area contributed by atoms with E-state index < -0.39 is 5.91 Å². The number of hydrogen-bond acceptors (Lipinski definition) is 5. The quantitative estimate of drug-likeness (QED) is 0.616. The number of fused-ring (bicyclic) bond motifs is 2. The molecule has 2 aromatic carbocycles. The van der Waals surface area contributed by atoms with E-state index >= 15 is 0 Å². The van der Waals surface area contributed by atoms with E-state index in [9.17, 15) is 9.59 Å². The van der Waals surface area contributed by atoms with Crippen LogP contribution in [0.25, 0.3) is 10.9 Å². The Labute approximate surface area is 174 Å². The van der Waals surface area contributed by atoms with Crippen LogP contribution in [0.4, 0.5) is 0 Å². The van der Waals surface area contributed by atoms with Crippen LogP contribution in [-0.2, 0) is 17.6 Å².